The van der Waals surface area contributed by atoms with E-state index < -0.39 is 0 Å². The minimum Gasteiger partial charge on any atom is -0.872 e. The van der Waals surface area contributed by atoms with Gasteiger partial charge in [-0.25, -0.2) is 0 Å². The molecule has 0 aliphatic carbocycles. The Balaban J connectivity index is 0.00000103. The van der Waals surface area contributed by atoms with Crippen LogP contribution in [0.2, 0.25) is 0 Å². The van der Waals surface area contributed by atoms with Gasteiger partial charge in [-0.15, -0.1) is 11.5 Å². The molecule has 0 radical (unpaired) electrons. The Labute approximate surface area is 288 Å². The summed E-state index contributed by atoms with van der Waals surface area (Å²) in [6.45, 7) is 24.0. The van der Waals surface area contributed by atoms with E-state index in [0.29, 0.717) is 13.1 Å². The van der Waals surface area contributed by atoms with Crippen LogP contribution in [0.4, 0.5) is 0 Å². The zero-order valence-corrected chi connectivity index (χ0v) is 31.2. The second-order valence-electron chi connectivity index (χ2n) is 13.3. The van der Waals surface area contributed by atoms with E-state index in [-0.39, 0.29) is 81.4 Å². The molecule has 2 saturated heterocycles. The first-order chi connectivity index (χ1) is 17.8. The Morgan fingerprint density at radius 1 is 0.625 bits per heavy atom. The van der Waals surface area contributed by atoms with Crippen LogP contribution in [0.5, 0.6) is 11.5 Å². The molecule has 4 rings (SSSR count). The van der Waals surface area contributed by atoms with E-state index in [4.69, 9.17) is 4.74 Å². The number of aryl methyl sites for hydroxylation is 2. The van der Waals surface area contributed by atoms with Gasteiger partial charge in [-0.2, -0.15) is 0 Å². The fraction of sp³-hybridized carbons (Fsp3) is 0.636. The molecule has 2 aliphatic heterocycles. The van der Waals surface area contributed by atoms with Crippen molar-refractivity contribution in [1.82, 2.24) is 9.80 Å². The topological polar surface area (TPSA) is 61.8 Å². The van der Waals surface area contributed by atoms with Crippen molar-refractivity contribution in [3.05, 3.63) is 57.6 Å². The van der Waals surface area contributed by atoms with E-state index in [1.54, 1.807) is 0 Å². The van der Waals surface area contributed by atoms with Crippen LogP contribution in [0.25, 0.3) is 0 Å². The van der Waals surface area contributed by atoms with Crippen molar-refractivity contribution in [2.24, 2.45) is 0 Å². The van der Waals surface area contributed by atoms with Gasteiger partial charge in [0, 0.05) is 39.4 Å². The molecule has 5 nitrogen and oxygen atoms in total. The van der Waals surface area contributed by atoms with Crippen molar-refractivity contribution in [3.63, 3.8) is 0 Å². The molecule has 7 heteroatoms. The molecule has 2 aromatic carbocycles. The zero-order chi connectivity index (χ0) is 28.1. The zero-order valence-electron chi connectivity index (χ0n) is 27.2. The molecule has 0 aromatic heterocycles. The molecule has 2 aromatic rings. The Morgan fingerprint density at radius 3 is 1.30 bits per heavy atom. The molecule has 0 unspecified atom stereocenters. The van der Waals surface area contributed by atoms with Gasteiger partial charge < -0.3 is 14.9 Å². The second kappa shape index (κ2) is 16.7. The summed E-state index contributed by atoms with van der Waals surface area (Å²) in [7, 11) is 0. The van der Waals surface area contributed by atoms with Crippen LogP contribution in [0.15, 0.2) is 24.3 Å². The number of nitrogens with zero attached hydrogens (tertiary/aromatic N) is 2. The van der Waals surface area contributed by atoms with Gasteiger partial charge in [-0.05, 0) is 79.3 Å². The summed E-state index contributed by atoms with van der Waals surface area (Å²) in [6, 6.07) is 8.21. The molecule has 0 amide bonds. The van der Waals surface area contributed by atoms with Crippen molar-refractivity contribution in [1.29, 1.82) is 0 Å². The van der Waals surface area contributed by atoms with Crippen molar-refractivity contribution >= 4 is 0 Å². The van der Waals surface area contributed by atoms with Crippen LogP contribution < -0.4 is 69.3 Å². The van der Waals surface area contributed by atoms with Crippen LogP contribution in [-0.4, -0.2) is 49.2 Å². The van der Waals surface area contributed by atoms with Gasteiger partial charge in [0.1, 0.15) is 0 Å². The van der Waals surface area contributed by atoms with Gasteiger partial charge in [0.25, 0.3) is 0 Å². The first-order valence-electron chi connectivity index (χ1n) is 14.4. The Hall–Kier alpha value is -0.0800. The standard InChI is InChI=1S/C29H44N2O2.C4H8O.2Na/c1-20-14-22(26(32)24(16-20)28(3,4)5)18-30-10-9-11-31(13-12-30)19-23-15-21(2)17-25(27(23)33)29(6,7)8;1-2-4-5-3-1;;/h14-17,32-33H,9-13,18-19H2,1-8H3;1-4H2;;/q;;2*+1/p-2. The molecular formula is C33H50N2Na2O3. The molecule has 0 saturated carbocycles. The average molecular weight is 569 g/mol. The van der Waals surface area contributed by atoms with Gasteiger partial charge in [0.2, 0.25) is 0 Å². The first-order valence-corrected chi connectivity index (χ1v) is 14.4. The minimum absolute atomic E-state index is 0. The number of hydrogen-bond donors (Lipinski definition) is 0. The Bertz CT molecular complexity index is 986. The van der Waals surface area contributed by atoms with Gasteiger partial charge >= 0.3 is 59.1 Å². The number of rotatable bonds is 4. The van der Waals surface area contributed by atoms with Crippen LogP contribution in [0, 0.1) is 13.8 Å². The molecule has 0 N–H and O–H groups in total. The number of benzene rings is 2. The normalized spacial score (nSPS) is 16.8. The first kappa shape index (κ1) is 37.9. The Morgan fingerprint density at radius 2 is 1.00 bits per heavy atom. The smallest absolute Gasteiger partial charge is 0.872 e. The summed E-state index contributed by atoms with van der Waals surface area (Å²) in [6.07, 6.45) is 3.60. The van der Waals surface area contributed by atoms with Crippen molar-refractivity contribution in [2.45, 2.75) is 98.6 Å². The van der Waals surface area contributed by atoms with Gasteiger partial charge in [0.15, 0.2) is 0 Å². The monoisotopic (exact) mass is 568 g/mol. The van der Waals surface area contributed by atoms with E-state index in [0.717, 1.165) is 79.2 Å². The number of hydrogen-bond acceptors (Lipinski definition) is 5. The molecule has 40 heavy (non-hydrogen) atoms. The van der Waals surface area contributed by atoms with E-state index in [1.165, 1.54) is 12.8 Å². The third-order valence-corrected chi connectivity index (χ3v) is 7.53. The van der Waals surface area contributed by atoms with Crippen molar-refractivity contribution in [3.8, 4) is 11.5 Å². The second-order valence-corrected chi connectivity index (χ2v) is 13.3. The van der Waals surface area contributed by atoms with E-state index >= 15 is 0 Å². The maximum Gasteiger partial charge on any atom is 1.00 e. The van der Waals surface area contributed by atoms with E-state index in [2.05, 4.69) is 77.3 Å². The fourth-order valence-electron chi connectivity index (χ4n) is 5.38. The van der Waals surface area contributed by atoms with Gasteiger partial charge in [-0.3, -0.25) is 9.80 Å². The molecule has 0 bridgehead atoms. The molecule has 2 heterocycles. The predicted molar refractivity (Wildman–Crippen MR) is 154 cm³/mol. The van der Waals surface area contributed by atoms with Crippen molar-refractivity contribution < 1.29 is 74.1 Å². The van der Waals surface area contributed by atoms with Crippen LogP contribution in [-0.2, 0) is 28.7 Å². The van der Waals surface area contributed by atoms with Gasteiger partial charge in [-0.1, -0.05) is 76.9 Å². The average Bonchev–Trinajstić information content (AvgIpc) is 3.32. The summed E-state index contributed by atoms with van der Waals surface area (Å²) in [5.41, 5.74) is 5.64. The maximum atomic E-state index is 13.1. The predicted octanol–water partition coefficient (Wildman–Crippen LogP) is -0.442. The van der Waals surface area contributed by atoms with Crippen LogP contribution in [0.1, 0.15) is 94.2 Å². The SMILES string of the molecule is C1CCOC1.Cc1cc(CN2CCCN(Cc3cc(C)cc(C(C)(C)C)c3[O-])CC2)c([O-])c(C(C)(C)C)c1.[Na+].[Na+]. The third kappa shape index (κ3) is 11.2. The molecular weight excluding hydrogens is 518 g/mol. The molecule has 212 valence electrons. The largest absolute Gasteiger partial charge is 1.00 e. The molecule has 2 aliphatic rings. The van der Waals surface area contributed by atoms with E-state index in [1.807, 2.05) is 12.1 Å². The number of ether oxygens (including phenoxy) is 1. The Kier molecular flexibility index (Phi) is 15.8. The molecule has 2 fully saturated rings. The minimum atomic E-state index is -0.150. The summed E-state index contributed by atoms with van der Waals surface area (Å²) < 4.78 is 4.94. The summed E-state index contributed by atoms with van der Waals surface area (Å²) >= 11 is 0. The summed E-state index contributed by atoms with van der Waals surface area (Å²) in [4.78, 5) is 4.80. The summed E-state index contributed by atoms with van der Waals surface area (Å²) in [5, 5.41) is 26.3. The van der Waals surface area contributed by atoms with Crippen LogP contribution in [0.3, 0.4) is 0 Å². The van der Waals surface area contributed by atoms with E-state index in [9.17, 15) is 10.2 Å². The quantitative estimate of drug-likeness (QED) is 0.469. The van der Waals surface area contributed by atoms with Crippen molar-refractivity contribution in [2.75, 3.05) is 39.4 Å². The third-order valence-electron chi connectivity index (χ3n) is 7.53. The van der Waals surface area contributed by atoms with Gasteiger partial charge in [0.05, 0.1) is 0 Å². The summed E-state index contributed by atoms with van der Waals surface area (Å²) in [5.74, 6) is 0.388. The van der Waals surface area contributed by atoms with Crippen LogP contribution >= 0.6 is 0 Å². The molecule has 0 spiro atoms. The molecule has 0 atom stereocenters. The maximum absolute atomic E-state index is 13.1. The fourth-order valence-corrected chi connectivity index (χ4v) is 5.38.